The van der Waals surface area contributed by atoms with Crippen LogP contribution in [0.1, 0.15) is 75.8 Å². The zero-order valence-corrected chi connectivity index (χ0v) is 38.0. The van der Waals surface area contributed by atoms with Gasteiger partial charge in [-0.15, -0.1) is 0 Å². The van der Waals surface area contributed by atoms with Crippen molar-refractivity contribution in [2.45, 2.75) is 105 Å². The minimum Gasteiger partial charge on any atom is -0.496 e. The number of ether oxygens (including phenoxy) is 4. The highest BCUT2D eigenvalue weighted by atomic mass is 32.2. The molecule has 1 aliphatic carbocycles. The van der Waals surface area contributed by atoms with E-state index in [1.165, 1.54) is 28.3 Å². The first kappa shape index (κ1) is 43.9. The topological polar surface area (TPSA) is 151 Å². The third kappa shape index (κ3) is 5.91. The predicted octanol–water partition coefficient (Wildman–Crippen LogP) is 5.21. The number of hydrogen-bond acceptors (Lipinski definition) is 12. The number of fused-ring (bicyclic) bond motifs is 6. The molecule has 1 spiro atoms. The number of likely N-dealkylation sites (N-methyl/N-ethyl adjacent to an activating group) is 1. The lowest BCUT2D eigenvalue weighted by Crippen LogP contribution is -2.81. The number of aromatic nitrogens is 1. The molecule has 1 saturated carbocycles. The quantitative estimate of drug-likeness (QED) is 0.165. The molecule has 0 radical (unpaired) electrons. The lowest BCUT2D eigenvalue weighted by atomic mass is 9.47. The fourth-order valence-corrected chi connectivity index (χ4v) is 14.4. The molecule has 340 valence electrons. The Labute approximate surface area is 368 Å². The Morgan fingerprint density at radius 3 is 2.43 bits per heavy atom. The fourth-order valence-electron chi connectivity index (χ4n) is 13.6. The van der Waals surface area contributed by atoms with Crippen molar-refractivity contribution in [3.63, 3.8) is 0 Å². The SMILES string of the molecule is CCS(=O)c1ccc2[nH]c3c(c2c1)CN1CC(C(C)(F)F)C[C@@H](C1)C[C@]3(C(=O)OC)c1cc2c(cc1OC)N(C)[C@H]1[C@@](O)(C(=O)OC)[C@H](OC(C)=O)[C@]3(CC)C=CCN4CC[C@]21[C@@H]43. The van der Waals surface area contributed by atoms with Gasteiger partial charge in [-0.25, -0.2) is 13.6 Å². The molecule has 0 amide bonds. The summed E-state index contributed by atoms with van der Waals surface area (Å²) in [6.07, 6.45) is 3.83. The number of esters is 3. The van der Waals surface area contributed by atoms with Crippen LogP contribution < -0.4 is 9.64 Å². The zero-order valence-electron chi connectivity index (χ0n) is 37.2. The number of benzene rings is 2. The van der Waals surface area contributed by atoms with Crippen LogP contribution in [0.2, 0.25) is 0 Å². The summed E-state index contributed by atoms with van der Waals surface area (Å²) in [5.41, 5.74) is -2.27. The second kappa shape index (κ2) is 15.1. The third-order valence-electron chi connectivity index (χ3n) is 15.9. The Hall–Kier alpha value is -4.38. The van der Waals surface area contributed by atoms with Crippen LogP contribution in [0.4, 0.5) is 14.5 Å². The van der Waals surface area contributed by atoms with Gasteiger partial charge in [-0.2, -0.15) is 0 Å². The van der Waals surface area contributed by atoms with Crippen LogP contribution in [-0.2, 0) is 56.8 Å². The Morgan fingerprint density at radius 1 is 1.03 bits per heavy atom. The summed E-state index contributed by atoms with van der Waals surface area (Å²) in [5.74, 6) is -5.82. The number of hydrogen-bond donors (Lipinski definition) is 2. The van der Waals surface area contributed by atoms with Gasteiger partial charge >= 0.3 is 17.9 Å². The van der Waals surface area contributed by atoms with Gasteiger partial charge in [0.25, 0.3) is 0 Å². The number of carbonyl (C=O) groups is 3. The van der Waals surface area contributed by atoms with E-state index in [-0.39, 0.29) is 31.8 Å². The molecule has 11 atom stereocenters. The van der Waals surface area contributed by atoms with Crippen LogP contribution in [-0.4, -0.2) is 132 Å². The Morgan fingerprint density at radius 2 is 1.78 bits per heavy atom. The maximum atomic E-state index is 15.5. The second-order valence-corrected chi connectivity index (χ2v) is 20.6. The van der Waals surface area contributed by atoms with Crippen LogP contribution in [0, 0.1) is 17.3 Å². The number of nitrogens with one attached hydrogen (secondary N) is 1. The van der Waals surface area contributed by atoms with Gasteiger partial charge in [-0.3, -0.25) is 23.6 Å². The van der Waals surface area contributed by atoms with Crippen molar-refractivity contribution in [1.82, 2.24) is 14.8 Å². The van der Waals surface area contributed by atoms with Crippen LogP contribution in [0.3, 0.4) is 0 Å². The minimum atomic E-state index is -2.99. The number of anilines is 1. The van der Waals surface area contributed by atoms with Gasteiger partial charge in [0, 0.05) is 108 Å². The van der Waals surface area contributed by atoms with Gasteiger partial charge in [0.2, 0.25) is 11.5 Å². The van der Waals surface area contributed by atoms with Gasteiger partial charge in [0.15, 0.2) is 6.10 Å². The molecule has 63 heavy (non-hydrogen) atoms. The molecule has 16 heteroatoms. The summed E-state index contributed by atoms with van der Waals surface area (Å²) in [6, 6.07) is 7.97. The van der Waals surface area contributed by atoms with E-state index in [1.807, 2.05) is 61.2 Å². The largest absolute Gasteiger partial charge is 0.496 e. The van der Waals surface area contributed by atoms with E-state index < -0.39 is 80.6 Å². The summed E-state index contributed by atoms with van der Waals surface area (Å²) in [4.78, 5) is 53.3. The molecule has 3 aromatic rings. The van der Waals surface area contributed by atoms with Crippen molar-refractivity contribution in [3.05, 3.63) is 64.9 Å². The average molecular weight is 893 g/mol. The van der Waals surface area contributed by atoms with E-state index >= 15 is 13.6 Å². The lowest BCUT2D eigenvalue weighted by molar-refractivity contribution is -0.228. The number of halogens is 2. The summed E-state index contributed by atoms with van der Waals surface area (Å²) < 4.78 is 67.9. The molecule has 2 N–H and O–H groups in total. The number of alkyl halides is 2. The van der Waals surface area contributed by atoms with Crippen molar-refractivity contribution in [2.75, 3.05) is 65.2 Å². The second-order valence-electron chi connectivity index (χ2n) is 18.8. The molecule has 3 unspecified atom stereocenters. The van der Waals surface area contributed by atoms with E-state index in [9.17, 15) is 18.9 Å². The maximum Gasteiger partial charge on any atom is 0.344 e. The standard InChI is InChI=1S/C47H58F2N4O9S/c1-9-44-14-11-16-53-17-15-45(38(44)53)32-20-33(36(59-6)21-35(32)51(5)39(45)47(57,42(56)61-8)40(44)62-26(3)54)46(41(55)60-7)22-27-18-28(43(4,48)49)24-52(23-27)25-31-30-19-29(63(58)10-2)12-13-34(30)50-37(31)46/h11-14,19-21,27-28,38-40,50,57H,9-10,15-18,22-25H2,1-8H3/t27-,28?,38+,39-,40-,44-,45-,46+,47+,63?/m1/s1. The van der Waals surface area contributed by atoms with Crippen molar-refractivity contribution >= 4 is 45.3 Å². The first-order valence-corrected chi connectivity index (χ1v) is 23.3. The molecular formula is C47H58F2N4O9S. The van der Waals surface area contributed by atoms with Gasteiger partial charge in [0.05, 0.1) is 38.2 Å². The molecule has 1 aromatic heterocycles. The predicted molar refractivity (Wildman–Crippen MR) is 231 cm³/mol. The molecule has 6 aliphatic rings. The number of aliphatic hydroxyl groups is 1. The highest BCUT2D eigenvalue weighted by Crippen LogP contribution is 2.68. The van der Waals surface area contributed by atoms with Crippen LogP contribution in [0.15, 0.2) is 47.4 Å². The zero-order chi connectivity index (χ0) is 45.2. The fraction of sp³-hybridized carbons (Fsp3) is 0.596. The number of rotatable bonds is 9. The van der Waals surface area contributed by atoms with Gasteiger partial charge in [0.1, 0.15) is 11.2 Å². The first-order chi connectivity index (χ1) is 29.9. The smallest absolute Gasteiger partial charge is 0.344 e. The monoisotopic (exact) mass is 892 g/mol. The van der Waals surface area contributed by atoms with Crippen molar-refractivity contribution < 1.29 is 51.4 Å². The van der Waals surface area contributed by atoms with E-state index in [0.29, 0.717) is 71.3 Å². The van der Waals surface area contributed by atoms with Gasteiger partial charge in [-0.05, 0) is 80.5 Å². The molecular weight excluding hydrogens is 835 g/mol. The Balaban J connectivity index is 1.36. The van der Waals surface area contributed by atoms with Gasteiger partial charge in [-0.1, -0.05) is 26.0 Å². The highest BCUT2D eigenvalue weighted by Gasteiger charge is 2.80. The van der Waals surface area contributed by atoms with Crippen molar-refractivity contribution in [1.29, 1.82) is 0 Å². The number of methoxy groups -OCH3 is 3. The number of piperidine rings is 1. The number of nitrogens with zero attached hydrogens (tertiary/aromatic N) is 3. The van der Waals surface area contributed by atoms with Gasteiger partial charge < -0.3 is 33.9 Å². The third-order valence-corrected chi connectivity index (χ3v) is 17.2. The molecule has 9 rings (SSSR count). The van der Waals surface area contributed by atoms with E-state index in [1.54, 1.807) is 7.05 Å². The number of carbonyl (C=O) groups excluding carboxylic acids is 3. The van der Waals surface area contributed by atoms with Crippen molar-refractivity contribution in [3.8, 4) is 5.75 Å². The number of H-pyrrole nitrogens is 1. The molecule has 2 aromatic carbocycles. The Kier molecular flexibility index (Phi) is 10.5. The average Bonchev–Trinajstić information content (AvgIpc) is 3.91. The van der Waals surface area contributed by atoms with Crippen LogP contribution >= 0.6 is 0 Å². The first-order valence-electron chi connectivity index (χ1n) is 22.0. The summed E-state index contributed by atoms with van der Waals surface area (Å²) in [5, 5.41) is 14.1. The summed E-state index contributed by atoms with van der Waals surface area (Å²) in [7, 11) is 4.56. The van der Waals surface area contributed by atoms with Crippen LogP contribution in [0.25, 0.3) is 10.9 Å². The summed E-state index contributed by atoms with van der Waals surface area (Å²) in [6.45, 7) is 8.08. The molecule has 2 saturated heterocycles. The molecule has 3 fully saturated rings. The summed E-state index contributed by atoms with van der Waals surface area (Å²) >= 11 is 0. The minimum absolute atomic E-state index is 0.0928. The Bertz CT molecular complexity index is 2460. The lowest BCUT2D eigenvalue weighted by Gasteiger charge is -2.63. The molecule has 13 nitrogen and oxygen atoms in total. The van der Waals surface area contributed by atoms with Crippen LogP contribution in [0.5, 0.6) is 5.75 Å². The molecule has 5 aliphatic heterocycles. The number of aromatic amines is 1. The molecule has 6 heterocycles. The van der Waals surface area contributed by atoms with E-state index in [0.717, 1.165) is 23.4 Å². The molecule has 2 bridgehead atoms. The normalized spacial score (nSPS) is 34.8. The van der Waals surface area contributed by atoms with E-state index in [4.69, 9.17) is 18.9 Å². The maximum absolute atomic E-state index is 15.5. The van der Waals surface area contributed by atoms with E-state index in [2.05, 4.69) is 14.8 Å². The highest BCUT2D eigenvalue weighted by molar-refractivity contribution is 7.85. The van der Waals surface area contributed by atoms with Crippen molar-refractivity contribution in [2.24, 2.45) is 17.3 Å².